The summed E-state index contributed by atoms with van der Waals surface area (Å²) in [6.07, 6.45) is 4.45. The summed E-state index contributed by atoms with van der Waals surface area (Å²) in [5.41, 5.74) is 1.18. The number of hydrogen-bond acceptors (Lipinski definition) is 3. The van der Waals surface area contributed by atoms with Crippen LogP contribution in [0.1, 0.15) is 24.4 Å². The van der Waals surface area contributed by atoms with E-state index in [-0.39, 0.29) is 0 Å². The molecule has 1 fully saturated rings. The molecule has 1 aliphatic heterocycles. The molecule has 0 saturated carbocycles. The van der Waals surface area contributed by atoms with Crippen LogP contribution in [0.5, 0.6) is 5.88 Å². The number of nitrogens with one attached hydrogen (secondary N) is 1. The largest absolute Gasteiger partial charge is 0.480 e. The molecule has 0 bridgehead atoms. The third kappa shape index (κ3) is 1.54. The molecule has 4 nitrogen and oxygen atoms in total. The topological polar surface area (TPSA) is 39.1 Å². The van der Waals surface area contributed by atoms with E-state index in [1.54, 1.807) is 11.8 Å². The number of nitrogens with zero attached hydrogens (tertiary/aromatic N) is 2. The Morgan fingerprint density at radius 1 is 1.69 bits per heavy atom. The molecule has 2 heterocycles. The Morgan fingerprint density at radius 3 is 3.15 bits per heavy atom. The maximum Gasteiger partial charge on any atom is 0.237 e. The van der Waals surface area contributed by atoms with Crippen molar-refractivity contribution in [1.82, 2.24) is 15.1 Å². The van der Waals surface area contributed by atoms with Crippen LogP contribution in [0.25, 0.3) is 0 Å². The zero-order chi connectivity index (χ0) is 9.26. The molecular formula is C9H15N3O. The van der Waals surface area contributed by atoms with Crippen LogP contribution in [0.2, 0.25) is 0 Å². The number of ether oxygens (including phenoxy) is 1. The second-order valence-corrected chi connectivity index (χ2v) is 3.42. The summed E-state index contributed by atoms with van der Waals surface area (Å²) in [6, 6.07) is 0.434. The van der Waals surface area contributed by atoms with Crippen molar-refractivity contribution in [3.8, 4) is 5.88 Å². The van der Waals surface area contributed by atoms with E-state index in [0.717, 1.165) is 12.4 Å². The minimum absolute atomic E-state index is 0.434. The maximum atomic E-state index is 5.21. The van der Waals surface area contributed by atoms with E-state index >= 15 is 0 Å². The van der Waals surface area contributed by atoms with E-state index in [1.807, 2.05) is 13.2 Å². The first-order valence-corrected chi connectivity index (χ1v) is 4.62. The lowest BCUT2D eigenvalue weighted by molar-refractivity contribution is 0.383. The average Bonchev–Trinajstić information content (AvgIpc) is 2.71. The molecule has 0 unspecified atom stereocenters. The van der Waals surface area contributed by atoms with Gasteiger partial charge in [-0.3, -0.25) is 4.68 Å². The van der Waals surface area contributed by atoms with Gasteiger partial charge in [0, 0.05) is 19.3 Å². The van der Waals surface area contributed by atoms with Crippen LogP contribution in [0.15, 0.2) is 6.20 Å². The van der Waals surface area contributed by atoms with Crippen LogP contribution < -0.4 is 10.1 Å². The fourth-order valence-electron chi connectivity index (χ4n) is 1.83. The molecule has 72 valence electrons. The van der Waals surface area contributed by atoms with E-state index in [1.165, 1.54) is 18.4 Å². The SMILES string of the molecule is COc1nn(C)cc1[C@H]1CCCN1. The van der Waals surface area contributed by atoms with E-state index < -0.39 is 0 Å². The van der Waals surface area contributed by atoms with Crippen molar-refractivity contribution in [2.45, 2.75) is 18.9 Å². The van der Waals surface area contributed by atoms with Gasteiger partial charge in [-0.2, -0.15) is 0 Å². The summed E-state index contributed by atoms with van der Waals surface area (Å²) in [6.45, 7) is 1.10. The van der Waals surface area contributed by atoms with Crippen LogP contribution in [0, 0.1) is 0 Å². The van der Waals surface area contributed by atoms with Gasteiger partial charge in [0.15, 0.2) is 0 Å². The van der Waals surface area contributed by atoms with Gasteiger partial charge in [-0.15, -0.1) is 5.10 Å². The highest BCUT2D eigenvalue weighted by Gasteiger charge is 2.21. The first-order valence-electron chi connectivity index (χ1n) is 4.62. The summed E-state index contributed by atoms with van der Waals surface area (Å²) < 4.78 is 7.01. The van der Waals surface area contributed by atoms with Gasteiger partial charge >= 0.3 is 0 Å². The van der Waals surface area contributed by atoms with E-state index in [2.05, 4.69) is 10.4 Å². The second kappa shape index (κ2) is 3.38. The quantitative estimate of drug-likeness (QED) is 0.735. The van der Waals surface area contributed by atoms with Crippen LogP contribution in [-0.4, -0.2) is 23.4 Å². The van der Waals surface area contributed by atoms with Gasteiger partial charge in [-0.1, -0.05) is 0 Å². The van der Waals surface area contributed by atoms with Crippen LogP contribution >= 0.6 is 0 Å². The van der Waals surface area contributed by atoms with Gasteiger partial charge in [0.25, 0.3) is 0 Å². The van der Waals surface area contributed by atoms with Gasteiger partial charge < -0.3 is 10.1 Å². The van der Waals surface area contributed by atoms with Crippen LogP contribution in [0.4, 0.5) is 0 Å². The number of methoxy groups -OCH3 is 1. The smallest absolute Gasteiger partial charge is 0.237 e. The van der Waals surface area contributed by atoms with Crippen molar-refractivity contribution >= 4 is 0 Å². The Labute approximate surface area is 77.9 Å². The van der Waals surface area contributed by atoms with Crippen molar-refractivity contribution in [3.63, 3.8) is 0 Å². The highest BCUT2D eigenvalue weighted by molar-refractivity contribution is 5.27. The Bertz CT molecular complexity index is 289. The molecule has 1 atom stereocenters. The molecule has 0 aliphatic carbocycles. The van der Waals surface area contributed by atoms with Gasteiger partial charge in [0.05, 0.1) is 12.7 Å². The van der Waals surface area contributed by atoms with Gasteiger partial charge in [0.1, 0.15) is 0 Å². The predicted molar refractivity (Wildman–Crippen MR) is 49.7 cm³/mol. The number of hydrogen-bond donors (Lipinski definition) is 1. The van der Waals surface area contributed by atoms with E-state index in [4.69, 9.17) is 4.74 Å². The van der Waals surface area contributed by atoms with E-state index in [9.17, 15) is 0 Å². The summed E-state index contributed by atoms with van der Waals surface area (Å²) in [5, 5.41) is 7.66. The number of aromatic nitrogens is 2. The first kappa shape index (κ1) is 8.56. The molecule has 1 N–H and O–H groups in total. The molecule has 0 amide bonds. The molecule has 4 heteroatoms. The summed E-state index contributed by atoms with van der Waals surface area (Å²) in [5.74, 6) is 0.752. The Kier molecular flexibility index (Phi) is 2.22. The molecule has 1 aliphatic rings. The number of aryl methyl sites for hydroxylation is 1. The second-order valence-electron chi connectivity index (χ2n) is 3.42. The zero-order valence-electron chi connectivity index (χ0n) is 8.08. The Balaban J connectivity index is 2.26. The third-order valence-corrected chi connectivity index (χ3v) is 2.45. The fourth-order valence-corrected chi connectivity index (χ4v) is 1.83. The van der Waals surface area contributed by atoms with Gasteiger partial charge in [0.2, 0.25) is 5.88 Å². The monoisotopic (exact) mass is 181 g/mol. The lowest BCUT2D eigenvalue weighted by Gasteiger charge is -2.08. The molecule has 0 spiro atoms. The molecule has 13 heavy (non-hydrogen) atoms. The van der Waals surface area contributed by atoms with Crippen molar-refractivity contribution in [2.24, 2.45) is 7.05 Å². The zero-order valence-corrected chi connectivity index (χ0v) is 8.08. The molecule has 1 aromatic heterocycles. The average molecular weight is 181 g/mol. The minimum Gasteiger partial charge on any atom is -0.480 e. The Morgan fingerprint density at radius 2 is 2.54 bits per heavy atom. The third-order valence-electron chi connectivity index (χ3n) is 2.45. The molecule has 1 aromatic rings. The lowest BCUT2D eigenvalue weighted by Crippen LogP contribution is -2.12. The standard InChI is InChI=1S/C9H15N3O/c1-12-6-7(9(11-12)13-2)8-4-3-5-10-8/h6,8,10H,3-5H2,1-2H3/t8-/m1/s1. The van der Waals surface area contributed by atoms with Crippen LogP contribution in [-0.2, 0) is 7.05 Å². The van der Waals surface area contributed by atoms with Gasteiger partial charge in [-0.25, -0.2) is 0 Å². The van der Waals surface area contributed by atoms with Crippen molar-refractivity contribution in [3.05, 3.63) is 11.8 Å². The molecule has 2 rings (SSSR count). The highest BCUT2D eigenvalue weighted by atomic mass is 16.5. The number of rotatable bonds is 2. The van der Waals surface area contributed by atoms with Gasteiger partial charge in [-0.05, 0) is 19.4 Å². The van der Waals surface area contributed by atoms with Crippen molar-refractivity contribution in [1.29, 1.82) is 0 Å². The minimum atomic E-state index is 0.434. The lowest BCUT2D eigenvalue weighted by atomic mass is 10.1. The summed E-state index contributed by atoms with van der Waals surface area (Å²) >= 11 is 0. The summed E-state index contributed by atoms with van der Waals surface area (Å²) in [7, 11) is 3.59. The molecular weight excluding hydrogens is 166 g/mol. The molecule has 1 saturated heterocycles. The Hall–Kier alpha value is -1.03. The first-order chi connectivity index (χ1) is 6.31. The van der Waals surface area contributed by atoms with E-state index in [0.29, 0.717) is 6.04 Å². The normalized spacial score (nSPS) is 22.2. The van der Waals surface area contributed by atoms with Crippen LogP contribution in [0.3, 0.4) is 0 Å². The molecule has 0 radical (unpaired) electrons. The van der Waals surface area contributed by atoms with Crippen molar-refractivity contribution in [2.75, 3.05) is 13.7 Å². The molecule has 0 aromatic carbocycles. The van der Waals surface area contributed by atoms with Crippen molar-refractivity contribution < 1.29 is 4.74 Å². The predicted octanol–water partition coefficient (Wildman–Crippen LogP) is 0.853. The highest BCUT2D eigenvalue weighted by Crippen LogP contribution is 2.29. The maximum absolute atomic E-state index is 5.21. The fraction of sp³-hybridized carbons (Fsp3) is 0.667. The summed E-state index contributed by atoms with van der Waals surface area (Å²) in [4.78, 5) is 0.